The second-order valence-electron chi connectivity index (χ2n) is 3.97. The molecule has 0 aliphatic rings. The van der Waals surface area contributed by atoms with E-state index in [1.165, 1.54) is 18.2 Å². The fraction of sp³-hybridized carbons (Fsp3) is 0.333. The van der Waals surface area contributed by atoms with Crippen LogP contribution in [0.4, 0.5) is 0 Å². The Hall–Kier alpha value is -1.95. The van der Waals surface area contributed by atoms with E-state index in [1.807, 2.05) is 0 Å². The van der Waals surface area contributed by atoms with Gasteiger partial charge in [-0.3, -0.25) is 4.79 Å². The van der Waals surface area contributed by atoms with Crippen LogP contribution in [0.1, 0.15) is 29.6 Å². The molecule has 19 heavy (non-hydrogen) atoms. The number of hydrogen-bond acceptors (Lipinski definition) is 4. The van der Waals surface area contributed by atoms with Gasteiger partial charge in [0.2, 0.25) is 0 Å². The summed E-state index contributed by atoms with van der Waals surface area (Å²) < 4.78 is 0. The van der Waals surface area contributed by atoms with Gasteiger partial charge in [0.25, 0.3) is 5.91 Å². The average molecular weight is 286 g/mol. The van der Waals surface area contributed by atoms with Crippen molar-refractivity contribution in [3.05, 3.63) is 28.8 Å². The van der Waals surface area contributed by atoms with Crippen LogP contribution in [0.3, 0.4) is 0 Å². The van der Waals surface area contributed by atoms with Crippen LogP contribution in [0.15, 0.2) is 23.4 Å². The van der Waals surface area contributed by atoms with E-state index in [0.717, 1.165) is 0 Å². The largest absolute Gasteiger partial charge is 0.508 e. The van der Waals surface area contributed by atoms with Gasteiger partial charge in [-0.2, -0.15) is 0 Å². The lowest BCUT2D eigenvalue weighted by molar-refractivity contribution is 0.0953. The van der Waals surface area contributed by atoms with Crippen molar-refractivity contribution in [2.45, 2.75) is 19.3 Å². The van der Waals surface area contributed by atoms with Crippen LogP contribution in [-0.2, 0) is 0 Å². The number of nitrogens with zero attached hydrogens (tertiary/aromatic N) is 1. The minimum atomic E-state index is -0.343. The Bertz CT molecular complexity index is 477. The van der Waals surface area contributed by atoms with Crippen LogP contribution in [0.25, 0.3) is 0 Å². The molecule has 0 aliphatic heterocycles. The maximum absolute atomic E-state index is 11.8. The first-order chi connectivity index (χ1) is 9.04. The molecule has 0 heterocycles. The molecule has 0 fully saturated rings. The number of halogens is 1. The van der Waals surface area contributed by atoms with Crippen molar-refractivity contribution >= 4 is 23.3 Å². The molecular weight excluding hydrogens is 270 g/mol. The highest BCUT2D eigenvalue weighted by atomic mass is 35.5. The van der Waals surface area contributed by atoms with Gasteiger partial charge in [-0.25, -0.2) is 0 Å². The molecule has 5 N–H and O–H groups in total. The zero-order valence-corrected chi connectivity index (χ0v) is 11.0. The summed E-state index contributed by atoms with van der Waals surface area (Å²) >= 11 is 5.86. The van der Waals surface area contributed by atoms with Crippen molar-refractivity contribution in [1.29, 1.82) is 0 Å². The first-order valence-corrected chi connectivity index (χ1v) is 6.15. The smallest absolute Gasteiger partial charge is 0.252 e. The van der Waals surface area contributed by atoms with E-state index in [4.69, 9.17) is 22.5 Å². The molecule has 104 valence electrons. The van der Waals surface area contributed by atoms with E-state index < -0.39 is 0 Å². The number of oxime groups is 1. The van der Waals surface area contributed by atoms with Gasteiger partial charge in [-0.1, -0.05) is 16.8 Å². The highest BCUT2D eigenvalue weighted by Crippen LogP contribution is 2.20. The highest BCUT2D eigenvalue weighted by molar-refractivity contribution is 6.33. The third-order valence-electron chi connectivity index (χ3n) is 2.47. The Kier molecular flexibility index (Phi) is 5.95. The predicted molar refractivity (Wildman–Crippen MR) is 72.7 cm³/mol. The topological polar surface area (TPSA) is 108 Å². The van der Waals surface area contributed by atoms with Crippen LogP contribution in [0.2, 0.25) is 5.02 Å². The van der Waals surface area contributed by atoms with Crippen LogP contribution >= 0.6 is 11.6 Å². The second kappa shape index (κ2) is 7.48. The molecule has 0 aliphatic carbocycles. The van der Waals surface area contributed by atoms with Crippen molar-refractivity contribution in [3.63, 3.8) is 0 Å². The molecule has 0 atom stereocenters. The monoisotopic (exact) mass is 285 g/mol. The number of benzene rings is 1. The quantitative estimate of drug-likeness (QED) is 0.210. The maximum atomic E-state index is 11.8. The number of nitrogens with two attached hydrogens (primary N) is 1. The van der Waals surface area contributed by atoms with Crippen molar-refractivity contribution in [3.8, 4) is 5.75 Å². The summed E-state index contributed by atoms with van der Waals surface area (Å²) in [6.45, 7) is 0.448. The first-order valence-electron chi connectivity index (χ1n) is 5.77. The molecule has 0 unspecified atom stereocenters. The molecule has 1 aromatic carbocycles. The fourth-order valence-corrected chi connectivity index (χ4v) is 1.67. The number of carbonyl (C=O) groups is 1. The number of hydrogen-bond donors (Lipinski definition) is 4. The molecule has 0 bridgehead atoms. The van der Waals surface area contributed by atoms with Crippen molar-refractivity contribution in [2.24, 2.45) is 10.9 Å². The lowest BCUT2D eigenvalue weighted by Gasteiger charge is -2.07. The molecule has 1 aromatic rings. The van der Waals surface area contributed by atoms with E-state index >= 15 is 0 Å². The Morgan fingerprint density at radius 3 is 2.84 bits per heavy atom. The minimum absolute atomic E-state index is 0.0125. The third kappa shape index (κ3) is 5.05. The summed E-state index contributed by atoms with van der Waals surface area (Å²) in [6, 6.07) is 4.19. The first kappa shape index (κ1) is 15.1. The molecule has 0 saturated heterocycles. The lowest BCUT2D eigenvalue weighted by Crippen LogP contribution is -2.25. The Morgan fingerprint density at radius 1 is 1.42 bits per heavy atom. The summed E-state index contributed by atoms with van der Waals surface area (Å²) in [5.74, 6) is -0.187. The van der Waals surface area contributed by atoms with Gasteiger partial charge in [0.05, 0.1) is 10.6 Å². The van der Waals surface area contributed by atoms with Gasteiger partial charge in [0.15, 0.2) is 0 Å². The Morgan fingerprint density at radius 2 is 2.16 bits per heavy atom. The summed E-state index contributed by atoms with van der Waals surface area (Å²) in [5.41, 5.74) is 5.54. The van der Waals surface area contributed by atoms with Gasteiger partial charge < -0.3 is 21.4 Å². The molecule has 0 aromatic heterocycles. The zero-order valence-electron chi connectivity index (χ0n) is 10.3. The van der Waals surface area contributed by atoms with E-state index in [-0.39, 0.29) is 28.1 Å². The standard InChI is InChI=1S/C12H16ClN3O3/c13-10-5-4-8(17)7-9(10)12(18)15-6-2-1-3-11(14)16-19/h4-5,7,17,19H,1-3,6H2,(H2,14,16)(H,15,18). The number of amidine groups is 1. The van der Waals surface area contributed by atoms with Crippen molar-refractivity contribution in [2.75, 3.05) is 6.54 Å². The van der Waals surface area contributed by atoms with Gasteiger partial charge in [-0.05, 0) is 31.0 Å². The molecule has 1 amide bonds. The van der Waals surface area contributed by atoms with E-state index in [2.05, 4.69) is 10.5 Å². The van der Waals surface area contributed by atoms with Crippen LogP contribution < -0.4 is 11.1 Å². The Balaban J connectivity index is 2.37. The summed E-state index contributed by atoms with van der Waals surface area (Å²) in [6.07, 6.45) is 1.86. The molecule has 0 spiro atoms. The van der Waals surface area contributed by atoms with E-state index in [1.54, 1.807) is 0 Å². The lowest BCUT2D eigenvalue weighted by atomic mass is 10.2. The van der Waals surface area contributed by atoms with Crippen molar-refractivity contribution < 1.29 is 15.1 Å². The number of nitrogens with one attached hydrogen (secondary N) is 1. The van der Waals surface area contributed by atoms with E-state index in [0.29, 0.717) is 25.8 Å². The average Bonchev–Trinajstić information content (AvgIpc) is 2.40. The fourth-order valence-electron chi connectivity index (χ4n) is 1.47. The predicted octanol–water partition coefficient (Wildman–Crippen LogP) is 1.69. The van der Waals surface area contributed by atoms with Gasteiger partial charge in [-0.15, -0.1) is 0 Å². The van der Waals surface area contributed by atoms with E-state index in [9.17, 15) is 9.90 Å². The molecule has 6 nitrogen and oxygen atoms in total. The zero-order chi connectivity index (χ0) is 14.3. The number of amides is 1. The number of rotatable bonds is 6. The molecule has 7 heteroatoms. The number of carbonyl (C=O) groups excluding carboxylic acids is 1. The number of phenolic OH excluding ortho intramolecular Hbond substituents is 1. The SMILES string of the molecule is N/C(CCCCNC(=O)c1cc(O)ccc1Cl)=N/O. The Labute approximate surface area is 115 Å². The molecule has 1 rings (SSSR count). The van der Waals surface area contributed by atoms with Gasteiger partial charge in [0.1, 0.15) is 11.6 Å². The molecule has 0 saturated carbocycles. The summed E-state index contributed by atoms with van der Waals surface area (Å²) in [7, 11) is 0. The van der Waals surface area contributed by atoms with Gasteiger partial charge >= 0.3 is 0 Å². The highest BCUT2D eigenvalue weighted by Gasteiger charge is 2.10. The second-order valence-corrected chi connectivity index (χ2v) is 4.38. The number of phenols is 1. The number of aromatic hydroxyl groups is 1. The number of unbranched alkanes of at least 4 members (excludes halogenated alkanes) is 1. The van der Waals surface area contributed by atoms with Crippen LogP contribution in [0.5, 0.6) is 5.75 Å². The van der Waals surface area contributed by atoms with Crippen molar-refractivity contribution in [1.82, 2.24) is 5.32 Å². The van der Waals surface area contributed by atoms with Crippen LogP contribution in [0, 0.1) is 0 Å². The molecular formula is C12H16ClN3O3. The maximum Gasteiger partial charge on any atom is 0.252 e. The minimum Gasteiger partial charge on any atom is -0.508 e. The third-order valence-corrected chi connectivity index (χ3v) is 2.80. The normalized spacial score (nSPS) is 11.3. The van der Waals surface area contributed by atoms with Crippen LogP contribution in [-0.4, -0.2) is 28.6 Å². The summed E-state index contributed by atoms with van der Waals surface area (Å²) in [4.78, 5) is 11.8. The van der Waals surface area contributed by atoms with Gasteiger partial charge in [0, 0.05) is 13.0 Å². The molecule has 0 radical (unpaired) electrons. The summed E-state index contributed by atoms with van der Waals surface area (Å²) in [5, 5.41) is 23.5.